The molecular formula is C21H25NO5. The lowest BCUT2D eigenvalue weighted by Crippen LogP contribution is -2.21. The number of ether oxygens (including phenoxy) is 3. The van der Waals surface area contributed by atoms with E-state index >= 15 is 0 Å². The van der Waals surface area contributed by atoms with Crippen LogP contribution in [-0.4, -0.2) is 31.7 Å². The van der Waals surface area contributed by atoms with Crippen LogP contribution in [0.4, 0.5) is 5.69 Å². The molecule has 2 rings (SSSR count). The van der Waals surface area contributed by atoms with Crippen molar-refractivity contribution >= 4 is 17.6 Å². The fraction of sp³-hybridized carbons (Fsp3) is 0.333. The number of hydrogen-bond acceptors (Lipinski definition) is 5. The summed E-state index contributed by atoms with van der Waals surface area (Å²) in [5.41, 5.74) is 1.92. The van der Waals surface area contributed by atoms with Gasteiger partial charge in [0.2, 0.25) is 0 Å². The zero-order valence-corrected chi connectivity index (χ0v) is 15.9. The van der Waals surface area contributed by atoms with Gasteiger partial charge in [-0.3, -0.25) is 4.79 Å². The zero-order valence-electron chi connectivity index (χ0n) is 15.9. The Morgan fingerprint density at radius 2 is 1.78 bits per heavy atom. The minimum Gasteiger partial charge on any atom is -0.490 e. The van der Waals surface area contributed by atoms with Gasteiger partial charge in [0, 0.05) is 5.69 Å². The number of nitrogens with one attached hydrogen (secondary N) is 1. The molecular weight excluding hydrogens is 346 g/mol. The van der Waals surface area contributed by atoms with Crippen molar-refractivity contribution in [3.63, 3.8) is 0 Å². The number of amides is 1. The van der Waals surface area contributed by atoms with Crippen molar-refractivity contribution in [1.29, 1.82) is 0 Å². The molecule has 6 heteroatoms. The van der Waals surface area contributed by atoms with Crippen LogP contribution in [-0.2, 0) is 9.53 Å². The minimum absolute atomic E-state index is 0.297. The van der Waals surface area contributed by atoms with Gasteiger partial charge in [-0.15, -0.1) is 0 Å². The van der Waals surface area contributed by atoms with Gasteiger partial charge >= 0.3 is 5.97 Å². The van der Waals surface area contributed by atoms with Crippen LogP contribution < -0.4 is 14.8 Å². The van der Waals surface area contributed by atoms with Crippen LogP contribution in [0.25, 0.3) is 0 Å². The number of hydrogen-bond donors (Lipinski definition) is 1. The molecule has 0 fully saturated rings. The highest BCUT2D eigenvalue weighted by molar-refractivity contribution is 5.96. The molecule has 2 aromatic carbocycles. The molecule has 144 valence electrons. The minimum atomic E-state index is -0.599. The van der Waals surface area contributed by atoms with E-state index in [4.69, 9.17) is 14.2 Å². The van der Waals surface area contributed by atoms with Gasteiger partial charge in [-0.05, 0) is 50.1 Å². The second kappa shape index (κ2) is 10.2. The first-order chi connectivity index (χ1) is 13.0. The summed E-state index contributed by atoms with van der Waals surface area (Å²) in [4.78, 5) is 24.3. The molecule has 6 nitrogen and oxygen atoms in total. The van der Waals surface area contributed by atoms with E-state index in [1.165, 1.54) is 0 Å². The average Bonchev–Trinajstić information content (AvgIpc) is 2.67. The molecule has 0 bridgehead atoms. The summed E-state index contributed by atoms with van der Waals surface area (Å²) in [5, 5.41) is 2.72. The van der Waals surface area contributed by atoms with E-state index in [1.54, 1.807) is 24.3 Å². The van der Waals surface area contributed by atoms with Crippen molar-refractivity contribution in [3.05, 3.63) is 53.6 Å². The third-order valence-corrected chi connectivity index (χ3v) is 3.69. The molecule has 0 saturated heterocycles. The summed E-state index contributed by atoms with van der Waals surface area (Å²) in [7, 11) is 0. The van der Waals surface area contributed by atoms with Gasteiger partial charge in [0.15, 0.2) is 18.1 Å². The van der Waals surface area contributed by atoms with Gasteiger partial charge in [0.05, 0.1) is 18.8 Å². The molecule has 0 heterocycles. The highest BCUT2D eigenvalue weighted by Crippen LogP contribution is 2.29. The molecule has 1 N–H and O–H groups in total. The van der Waals surface area contributed by atoms with Crippen LogP contribution >= 0.6 is 0 Å². The molecule has 0 aliphatic rings. The quantitative estimate of drug-likeness (QED) is 0.675. The molecule has 0 spiro atoms. The van der Waals surface area contributed by atoms with Crippen molar-refractivity contribution in [1.82, 2.24) is 0 Å². The zero-order chi connectivity index (χ0) is 19.6. The summed E-state index contributed by atoms with van der Waals surface area (Å²) in [6.45, 7) is 6.38. The molecule has 0 aromatic heterocycles. The largest absolute Gasteiger partial charge is 0.490 e. The molecule has 0 aliphatic heterocycles. The number of esters is 1. The smallest absolute Gasteiger partial charge is 0.338 e. The molecule has 0 atom stereocenters. The third kappa shape index (κ3) is 6.02. The maximum Gasteiger partial charge on any atom is 0.338 e. The summed E-state index contributed by atoms with van der Waals surface area (Å²) in [6.07, 6.45) is 0.866. The molecule has 0 saturated carbocycles. The number of anilines is 1. The van der Waals surface area contributed by atoms with Crippen LogP contribution in [0.15, 0.2) is 42.5 Å². The number of benzene rings is 2. The van der Waals surface area contributed by atoms with Crippen LogP contribution in [0.2, 0.25) is 0 Å². The summed E-state index contributed by atoms with van der Waals surface area (Å²) < 4.78 is 16.2. The first kappa shape index (κ1) is 20.3. The Morgan fingerprint density at radius 3 is 2.48 bits per heavy atom. The van der Waals surface area contributed by atoms with Gasteiger partial charge in [-0.2, -0.15) is 0 Å². The van der Waals surface area contributed by atoms with Gasteiger partial charge in [0.25, 0.3) is 5.91 Å². The lowest BCUT2D eigenvalue weighted by atomic mass is 10.2. The van der Waals surface area contributed by atoms with E-state index in [1.807, 2.05) is 39.0 Å². The Balaban J connectivity index is 1.97. The summed E-state index contributed by atoms with van der Waals surface area (Å²) in [6, 6.07) is 12.2. The maximum atomic E-state index is 12.3. The van der Waals surface area contributed by atoms with E-state index in [-0.39, 0.29) is 6.61 Å². The fourth-order valence-corrected chi connectivity index (χ4v) is 2.35. The Morgan fingerprint density at radius 1 is 1.00 bits per heavy atom. The van der Waals surface area contributed by atoms with Crippen molar-refractivity contribution in [3.8, 4) is 11.5 Å². The van der Waals surface area contributed by atoms with E-state index in [9.17, 15) is 9.59 Å². The Kier molecular flexibility index (Phi) is 7.67. The molecule has 2 aromatic rings. The lowest BCUT2D eigenvalue weighted by molar-refractivity contribution is -0.119. The van der Waals surface area contributed by atoms with E-state index < -0.39 is 11.9 Å². The molecule has 27 heavy (non-hydrogen) atoms. The topological polar surface area (TPSA) is 73.9 Å². The predicted molar refractivity (Wildman–Crippen MR) is 103 cm³/mol. The van der Waals surface area contributed by atoms with Crippen molar-refractivity contribution < 1.29 is 23.8 Å². The Labute approximate surface area is 159 Å². The van der Waals surface area contributed by atoms with Crippen molar-refractivity contribution in [2.45, 2.75) is 27.2 Å². The third-order valence-electron chi connectivity index (χ3n) is 3.69. The van der Waals surface area contributed by atoms with Crippen LogP contribution in [0.3, 0.4) is 0 Å². The highest BCUT2D eigenvalue weighted by atomic mass is 16.5. The number of rotatable bonds is 9. The number of para-hydroxylation sites is 1. The summed E-state index contributed by atoms with van der Waals surface area (Å²) in [5.74, 6) is 0.0563. The molecule has 0 aliphatic carbocycles. The van der Waals surface area contributed by atoms with Gasteiger partial charge in [-0.1, -0.05) is 25.1 Å². The van der Waals surface area contributed by atoms with Gasteiger partial charge < -0.3 is 19.5 Å². The number of carbonyl (C=O) groups excluding carboxylic acids is 2. The predicted octanol–water partition coefficient (Wildman–Crippen LogP) is 3.98. The number of aryl methyl sites for hydroxylation is 1. The first-order valence-corrected chi connectivity index (χ1v) is 8.97. The molecule has 1 amide bonds. The standard InChI is InChI=1S/C21H25NO5/c1-4-12-26-18-11-10-16(13-19(18)25-5-2)21(24)27-14-20(23)22-17-9-7-6-8-15(17)3/h6-11,13H,4-5,12,14H2,1-3H3,(H,22,23). The Bertz CT molecular complexity index is 788. The monoisotopic (exact) mass is 371 g/mol. The van der Waals surface area contributed by atoms with Crippen molar-refractivity contribution in [2.24, 2.45) is 0 Å². The average molecular weight is 371 g/mol. The van der Waals surface area contributed by atoms with E-state index in [0.29, 0.717) is 36.0 Å². The maximum absolute atomic E-state index is 12.3. The van der Waals surface area contributed by atoms with E-state index in [2.05, 4.69) is 5.32 Å². The van der Waals surface area contributed by atoms with Crippen LogP contribution in [0, 0.1) is 6.92 Å². The second-order valence-corrected chi connectivity index (χ2v) is 5.88. The van der Waals surface area contributed by atoms with Gasteiger partial charge in [-0.25, -0.2) is 4.79 Å². The fourth-order valence-electron chi connectivity index (χ4n) is 2.35. The van der Waals surface area contributed by atoms with Crippen molar-refractivity contribution in [2.75, 3.05) is 25.1 Å². The molecule has 0 radical (unpaired) electrons. The van der Waals surface area contributed by atoms with Gasteiger partial charge in [0.1, 0.15) is 0 Å². The first-order valence-electron chi connectivity index (χ1n) is 8.97. The summed E-state index contributed by atoms with van der Waals surface area (Å²) >= 11 is 0. The normalized spacial score (nSPS) is 10.2. The molecule has 0 unspecified atom stereocenters. The Hall–Kier alpha value is -3.02. The number of carbonyl (C=O) groups is 2. The highest BCUT2D eigenvalue weighted by Gasteiger charge is 2.14. The van der Waals surface area contributed by atoms with E-state index in [0.717, 1.165) is 12.0 Å². The lowest BCUT2D eigenvalue weighted by Gasteiger charge is -2.13. The second-order valence-electron chi connectivity index (χ2n) is 5.88. The SMILES string of the molecule is CCCOc1ccc(C(=O)OCC(=O)Nc2ccccc2C)cc1OCC. The van der Waals surface area contributed by atoms with Crippen LogP contribution in [0.5, 0.6) is 11.5 Å². The van der Waals surface area contributed by atoms with Crippen LogP contribution in [0.1, 0.15) is 36.2 Å².